The third kappa shape index (κ3) is 2.31. The van der Waals surface area contributed by atoms with Gasteiger partial charge < -0.3 is 14.6 Å². The van der Waals surface area contributed by atoms with Gasteiger partial charge in [-0.05, 0) is 62.9 Å². The fourth-order valence-corrected chi connectivity index (χ4v) is 3.90. The molecule has 2 saturated heterocycles. The predicted molar refractivity (Wildman–Crippen MR) is 86.0 cm³/mol. The lowest BCUT2D eigenvalue weighted by atomic mass is 9.78. The maximum absolute atomic E-state index is 12.7. The van der Waals surface area contributed by atoms with Gasteiger partial charge >= 0.3 is 0 Å². The van der Waals surface area contributed by atoms with Crippen molar-refractivity contribution in [1.29, 1.82) is 0 Å². The van der Waals surface area contributed by atoms with Crippen molar-refractivity contribution < 1.29 is 9.21 Å². The first kappa shape index (κ1) is 13.8. The first-order chi connectivity index (χ1) is 10.7. The molecule has 2 aromatic rings. The number of fused-ring (bicyclic) bond motifs is 1. The molecule has 2 fully saturated rings. The number of rotatable bonds is 1. The van der Waals surface area contributed by atoms with Gasteiger partial charge in [-0.25, -0.2) is 0 Å². The van der Waals surface area contributed by atoms with Crippen LogP contribution in [0.1, 0.15) is 35.4 Å². The predicted octanol–water partition coefficient (Wildman–Crippen LogP) is 2.96. The first-order valence-electron chi connectivity index (χ1n) is 8.16. The molecule has 2 aliphatic rings. The quantitative estimate of drug-likeness (QED) is 0.880. The normalized spacial score (nSPS) is 20.9. The van der Waals surface area contributed by atoms with E-state index in [1.807, 2.05) is 23.1 Å². The van der Waals surface area contributed by atoms with Gasteiger partial charge in [0.1, 0.15) is 5.58 Å². The zero-order valence-corrected chi connectivity index (χ0v) is 13.0. The molecular formula is C18H22N2O2. The molecule has 0 radical (unpaired) electrons. The number of carbonyl (C=O) groups is 1. The number of furan rings is 1. The fourth-order valence-electron chi connectivity index (χ4n) is 3.90. The van der Waals surface area contributed by atoms with Crippen LogP contribution in [-0.2, 0) is 0 Å². The molecule has 3 heterocycles. The van der Waals surface area contributed by atoms with Gasteiger partial charge in [0.15, 0.2) is 5.76 Å². The molecule has 4 heteroatoms. The van der Waals surface area contributed by atoms with E-state index < -0.39 is 0 Å². The minimum Gasteiger partial charge on any atom is -0.451 e. The van der Waals surface area contributed by atoms with Crippen LogP contribution in [0.5, 0.6) is 0 Å². The van der Waals surface area contributed by atoms with Crippen molar-refractivity contribution in [2.45, 2.75) is 26.2 Å². The van der Waals surface area contributed by atoms with E-state index in [1.54, 1.807) is 0 Å². The zero-order chi connectivity index (χ0) is 15.2. The molecule has 0 unspecified atom stereocenters. The summed E-state index contributed by atoms with van der Waals surface area (Å²) in [6.07, 6.45) is 3.48. The molecule has 1 N–H and O–H groups in total. The highest BCUT2D eigenvalue weighted by atomic mass is 16.3. The second kappa shape index (κ2) is 5.13. The summed E-state index contributed by atoms with van der Waals surface area (Å²) in [5.74, 6) is 0.524. The molecule has 22 heavy (non-hydrogen) atoms. The van der Waals surface area contributed by atoms with Gasteiger partial charge in [-0.3, -0.25) is 4.79 Å². The number of hydrogen-bond donors (Lipinski definition) is 1. The summed E-state index contributed by atoms with van der Waals surface area (Å²) in [4.78, 5) is 14.7. The molecule has 0 saturated carbocycles. The Balaban J connectivity index is 1.56. The van der Waals surface area contributed by atoms with Crippen LogP contribution in [-0.4, -0.2) is 37.0 Å². The maximum atomic E-state index is 12.7. The molecule has 4 nitrogen and oxygen atoms in total. The standard InChI is InChI=1S/C18H22N2O2/c1-13-2-3-15-14(10-13)11-16(22-15)17(21)20-9-6-18(12-20)4-7-19-8-5-18/h2-3,10-11,19H,4-9,12H2,1H3. The zero-order valence-electron chi connectivity index (χ0n) is 13.0. The summed E-state index contributed by atoms with van der Waals surface area (Å²) in [5, 5.41) is 4.43. The molecule has 0 bridgehead atoms. The van der Waals surface area contributed by atoms with E-state index in [-0.39, 0.29) is 5.91 Å². The fraction of sp³-hybridized carbons (Fsp3) is 0.500. The Bertz CT molecular complexity index is 713. The van der Waals surface area contributed by atoms with Gasteiger partial charge in [-0.2, -0.15) is 0 Å². The van der Waals surface area contributed by atoms with Crippen LogP contribution >= 0.6 is 0 Å². The summed E-state index contributed by atoms with van der Waals surface area (Å²) in [6, 6.07) is 7.91. The minimum atomic E-state index is 0.0456. The summed E-state index contributed by atoms with van der Waals surface area (Å²) in [6.45, 7) is 5.94. The Morgan fingerprint density at radius 1 is 1.23 bits per heavy atom. The SMILES string of the molecule is Cc1ccc2oc(C(=O)N3CCC4(CCNCC4)C3)cc2c1. The molecule has 0 aliphatic carbocycles. The highest BCUT2D eigenvalue weighted by molar-refractivity contribution is 5.96. The van der Waals surface area contributed by atoms with E-state index in [1.165, 1.54) is 18.4 Å². The second-order valence-electron chi connectivity index (χ2n) is 6.88. The highest BCUT2D eigenvalue weighted by Gasteiger charge is 2.41. The topological polar surface area (TPSA) is 45.5 Å². The second-order valence-corrected chi connectivity index (χ2v) is 6.88. The number of nitrogens with one attached hydrogen (secondary N) is 1. The van der Waals surface area contributed by atoms with E-state index in [0.717, 1.165) is 43.6 Å². The first-order valence-corrected chi connectivity index (χ1v) is 8.16. The Labute approximate surface area is 130 Å². The number of nitrogens with zero attached hydrogens (tertiary/aromatic N) is 1. The third-order valence-corrected chi connectivity index (χ3v) is 5.27. The van der Waals surface area contributed by atoms with Gasteiger partial charge in [0, 0.05) is 18.5 Å². The minimum absolute atomic E-state index is 0.0456. The lowest BCUT2D eigenvalue weighted by molar-refractivity contribution is 0.0733. The van der Waals surface area contributed by atoms with Crippen LogP contribution in [0.15, 0.2) is 28.7 Å². The van der Waals surface area contributed by atoms with Crippen LogP contribution in [0.4, 0.5) is 0 Å². The van der Waals surface area contributed by atoms with Crippen LogP contribution in [0, 0.1) is 12.3 Å². The van der Waals surface area contributed by atoms with E-state index in [9.17, 15) is 4.79 Å². The smallest absolute Gasteiger partial charge is 0.289 e. The van der Waals surface area contributed by atoms with Crippen molar-refractivity contribution in [2.75, 3.05) is 26.2 Å². The summed E-state index contributed by atoms with van der Waals surface area (Å²) >= 11 is 0. The molecule has 1 aromatic heterocycles. The lowest BCUT2D eigenvalue weighted by Crippen LogP contribution is -2.39. The third-order valence-electron chi connectivity index (χ3n) is 5.27. The Kier molecular flexibility index (Phi) is 3.22. The molecule has 116 valence electrons. The maximum Gasteiger partial charge on any atom is 0.289 e. The van der Waals surface area contributed by atoms with Crippen molar-refractivity contribution in [3.63, 3.8) is 0 Å². The van der Waals surface area contributed by atoms with Crippen molar-refractivity contribution in [3.05, 3.63) is 35.6 Å². The Morgan fingerprint density at radius 2 is 2.05 bits per heavy atom. The number of carbonyl (C=O) groups excluding carboxylic acids is 1. The summed E-state index contributed by atoms with van der Waals surface area (Å²) in [7, 11) is 0. The molecule has 1 amide bonds. The molecule has 1 spiro atoms. The van der Waals surface area contributed by atoms with Crippen molar-refractivity contribution in [1.82, 2.24) is 10.2 Å². The van der Waals surface area contributed by atoms with Crippen molar-refractivity contribution in [2.24, 2.45) is 5.41 Å². The number of piperidine rings is 1. The summed E-state index contributed by atoms with van der Waals surface area (Å²) < 4.78 is 5.77. The molecule has 0 atom stereocenters. The summed E-state index contributed by atoms with van der Waals surface area (Å²) in [5.41, 5.74) is 2.32. The number of amides is 1. The van der Waals surface area contributed by atoms with Crippen LogP contribution < -0.4 is 5.32 Å². The van der Waals surface area contributed by atoms with Crippen molar-refractivity contribution >= 4 is 16.9 Å². The number of likely N-dealkylation sites (tertiary alicyclic amines) is 1. The van der Waals surface area contributed by atoms with E-state index in [0.29, 0.717) is 11.2 Å². The van der Waals surface area contributed by atoms with Crippen LogP contribution in [0.2, 0.25) is 0 Å². The van der Waals surface area contributed by atoms with E-state index >= 15 is 0 Å². The van der Waals surface area contributed by atoms with Gasteiger partial charge in [0.25, 0.3) is 5.91 Å². The van der Waals surface area contributed by atoms with Gasteiger partial charge in [0.05, 0.1) is 0 Å². The Morgan fingerprint density at radius 3 is 2.86 bits per heavy atom. The molecule has 1 aromatic carbocycles. The van der Waals surface area contributed by atoms with Crippen LogP contribution in [0.25, 0.3) is 11.0 Å². The number of hydrogen-bond acceptors (Lipinski definition) is 3. The van der Waals surface area contributed by atoms with E-state index in [4.69, 9.17) is 4.42 Å². The monoisotopic (exact) mass is 298 g/mol. The molecule has 4 rings (SSSR count). The lowest BCUT2D eigenvalue weighted by Gasteiger charge is -2.33. The number of aryl methyl sites for hydroxylation is 1. The van der Waals surface area contributed by atoms with Gasteiger partial charge in [0.2, 0.25) is 0 Å². The van der Waals surface area contributed by atoms with Crippen LogP contribution in [0.3, 0.4) is 0 Å². The molecule has 2 aliphatic heterocycles. The van der Waals surface area contributed by atoms with Crippen molar-refractivity contribution in [3.8, 4) is 0 Å². The average molecular weight is 298 g/mol. The average Bonchev–Trinajstić information content (AvgIpc) is 3.11. The molecular weight excluding hydrogens is 276 g/mol. The van der Waals surface area contributed by atoms with Gasteiger partial charge in [-0.15, -0.1) is 0 Å². The van der Waals surface area contributed by atoms with E-state index in [2.05, 4.69) is 18.3 Å². The number of benzene rings is 1. The largest absolute Gasteiger partial charge is 0.451 e. The Hall–Kier alpha value is -1.81. The van der Waals surface area contributed by atoms with Gasteiger partial charge in [-0.1, -0.05) is 11.6 Å². The highest BCUT2D eigenvalue weighted by Crippen LogP contribution is 2.39.